The van der Waals surface area contributed by atoms with Crippen LogP contribution in [-0.4, -0.2) is 31.9 Å². The average Bonchev–Trinajstić information content (AvgIpc) is 3.21. The van der Waals surface area contributed by atoms with E-state index < -0.39 is 0 Å². The van der Waals surface area contributed by atoms with Crippen LogP contribution in [0.2, 0.25) is 0 Å². The van der Waals surface area contributed by atoms with E-state index in [-0.39, 0.29) is 17.9 Å². The van der Waals surface area contributed by atoms with Gasteiger partial charge in [0.15, 0.2) is 0 Å². The van der Waals surface area contributed by atoms with Crippen LogP contribution >= 0.6 is 11.3 Å². The van der Waals surface area contributed by atoms with Crippen LogP contribution in [0.15, 0.2) is 30.6 Å². The van der Waals surface area contributed by atoms with Gasteiger partial charge in [-0.3, -0.25) is 4.79 Å². The smallest absolute Gasteiger partial charge is 0.251 e. The zero-order valence-corrected chi connectivity index (χ0v) is 14.9. The van der Waals surface area contributed by atoms with E-state index in [4.69, 9.17) is 0 Å². The van der Waals surface area contributed by atoms with Crippen molar-refractivity contribution in [2.45, 2.75) is 39.8 Å². The third-order valence-corrected chi connectivity index (χ3v) is 5.11. The second-order valence-electron chi connectivity index (χ2n) is 6.05. The summed E-state index contributed by atoms with van der Waals surface area (Å²) in [6.07, 6.45) is 4.19. The first-order valence-corrected chi connectivity index (χ1v) is 8.93. The van der Waals surface area contributed by atoms with Gasteiger partial charge in [-0.15, -0.1) is 11.3 Å². The summed E-state index contributed by atoms with van der Waals surface area (Å²) in [4.78, 5) is 18.8. The molecule has 0 aliphatic rings. The van der Waals surface area contributed by atoms with Crippen molar-refractivity contribution in [1.29, 1.82) is 0 Å². The van der Waals surface area contributed by atoms with E-state index in [1.54, 1.807) is 28.5 Å². The van der Waals surface area contributed by atoms with E-state index in [0.29, 0.717) is 12.1 Å². The molecule has 0 aliphatic heterocycles. The Morgan fingerprint density at radius 3 is 2.71 bits per heavy atom. The number of fused-ring (bicyclic) bond motifs is 1. The molecule has 0 radical (unpaired) electrons. The van der Waals surface area contributed by atoms with Gasteiger partial charge in [-0.25, -0.2) is 4.98 Å². The van der Waals surface area contributed by atoms with Crippen molar-refractivity contribution in [3.8, 4) is 0 Å². The summed E-state index contributed by atoms with van der Waals surface area (Å²) in [6, 6.07) is 5.64. The number of benzene rings is 1. The fourth-order valence-electron chi connectivity index (χ4n) is 2.45. The van der Waals surface area contributed by atoms with Gasteiger partial charge in [-0.2, -0.15) is 15.0 Å². The molecule has 1 atom stereocenters. The first-order chi connectivity index (χ1) is 11.6. The molecule has 0 fully saturated rings. The van der Waals surface area contributed by atoms with Crippen LogP contribution in [0.1, 0.15) is 36.1 Å². The van der Waals surface area contributed by atoms with Gasteiger partial charge in [-0.1, -0.05) is 20.8 Å². The molecule has 3 rings (SSSR count). The number of rotatable bonds is 6. The largest absolute Gasteiger partial charge is 0.347 e. The first kappa shape index (κ1) is 16.6. The number of thiazole rings is 1. The Bertz CT molecular complexity index is 825. The predicted octanol–water partition coefficient (Wildman–Crippen LogP) is 2.90. The number of carbonyl (C=O) groups excluding carboxylic acids is 1. The van der Waals surface area contributed by atoms with Crippen LogP contribution in [0.5, 0.6) is 0 Å². The van der Waals surface area contributed by atoms with Gasteiger partial charge >= 0.3 is 0 Å². The average molecular weight is 343 g/mol. The highest BCUT2D eigenvalue weighted by molar-refractivity contribution is 7.18. The third kappa shape index (κ3) is 3.62. The molecule has 0 saturated heterocycles. The molecule has 2 heterocycles. The Morgan fingerprint density at radius 2 is 2.04 bits per heavy atom. The summed E-state index contributed by atoms with van der Waals surface area (Å²) in [6.45, 7) is 6.80. The number of nitrogens with zero attached hydrogens (tertiary/aromatic N) is 4. The summed E-state index contributed by atoms with van der Waals surface area (Å²) < 4.78 is 1.05. The zero-order valence-electron chi connectivity index (χ0n) is 14.1. The molecule has 6 nitrogen and oxygen atoms in total. The topological polar surface area (TPSA) is 72.7 Å². The SMILES string of the molecule is CCc1nc2ccc(C(=O)NC(Cn3nccn3)C(C)C)cc2s1. The van der Waals surface area contributed by atoms with Crippen LogP contribution in [0.3, 0.4) is 0 Å². The van der Waals surface area contributed by atoms with E-state index in [2.05, 4.69) is 41.3 Å². The van der Waals surface area contributed by atoms with E-state index in [0.717, 1.165) is 21.6 Å². The fourth-order valence-corrected chi connectivity index (χ4v) is 3.40. The maximum absolute atomic E-state index is 12.6. The number of aromatic nitrogens is 4. The molecule has 24 heavy (non-hydrogen) atoms. The van der Waals surface area contributed by atoms with Gasteiger partial charge in [0, 0.05) is 5.56 Å². The van der Waals surface area contributed by atoms with Crippen LogP contribution in [-0.2, 0) is 13.0 Å². The third-order valence-electron chi connectivity index (χ3n) is 3.95. The van der Waals surface area contributed by atoms with Gasteiger partial charge in [0.1, 0.15) is 0 Å². The molecule has 3 aromatic rings. The summed E-state index contributed by atoms with van der Waals surface area (Å²) in [5, 5.41) is 12.4. The standard InChI is InChI=1S/C17H21N5OS/c1-4-16-20-13-6-5-12(9-15(13)24-16)17(23)21-14(11(2)3)10-22-18-7-8-19-22/h5-9,11,14H,4,10H2,1-3H3,(H,21,23). The highest BCUT2D eigenvalue weighted by Gasteiger charge is 2.19. The minimum absolute atomic E-state index is 0.0340. The van der Waals surface area contributed by atoms with Crippen LogP contribution < -0.4 is 5.32 Å². The van der Waals surface area contributed by atoms with Crippen molar-refractivity contribution >= 4 is 27.5 Å². The molecule has 1 aromatic carbocycles. The maximum atomic E-state index is 12.6. The van der Waals surface area contributed by atoms with Crippen molar-refractivity contribution < 1.29 is 4.79 Å². The van der Waals surface area contributed by atoms with Crippen molar-refractivity contribution in [3.05, 3.63) is 41.2 Å². The molecule has 0 aliphatic carbocycles. The molecule has 0 saturated carbocycles. The molecule has 1 N–H and O–H groups in total. The number of hydrogen-bond acceptors (Lipinski definition) is 5. The van der Waals surface area contributed by atoms with Crippen LogP contribution in [0.4, 0.5) is 0 Å². The first-order valence-electron chi connectivity index (χ1n) is 8.11. The van der Waals surface area contributed by atoms with Gasteiger partial charge < -0.3 is 5.32 Å². The number of carbonyl (C=O) groups is 1. The Kier molecular flexibility index (Phi) is 4.89. The summed E-state index contributed by atoms with van der Waals surface area (Å²) in [5.74, 6) is 0.202. The molecule has 2 aromatic heterocycles. The van der Waals surface area contributed by atoms with E-state index in [9.17, 15) is 4.79 Å². The lowest BCUT2D eigenvalue weighted by Gasteiger charge is -2.21. The highest BCUT2D eigenvalue weighted by atomic mass is 32.1. The number of hydrogen-bond donors (Lipinski definition) is 1. The lowest BCUT2D eigenvalue weighted by atomic mass is 10.0. The van der Waals surface area contributed by atoms with Crippen molar-refractivity contribution in [2.24, 2.45) is 5.92 Å². The van der Waals surface area contributed by atoms with Crippen LogP contribution in [0, 0.1) is 5.92 Å². The molecular formula is C17H21N5OS. The molecule has 1 amide bonds. The van der Waals surface area contributed by atoms with Gasteiger partial charge in [0.2, 0.25) is 0 Å². The number of amides is 1. The predicted molar refractivity (Wildman–Crippen MR) is 95.1 cm³/mol. The van der Waals surface area contributed by atoms with Crippen molar-refractivity contribution in [1.82, 2.24) is 25.3 Å². The second kappa shape index (κ2) is 7.09. The van der Waals surface area contributed by atoms with E-state index >= 15 is 0 Å². The Balaban J connectivity index is 1.76. The highest BCUT2D eigenvalue weighted by Crippen LogP contribution is 2.23. The molecule has 1 unspecified atom stereocenters. The maximum Gasteiger partial charge on any atom is 0.251 e. The minimum atomic E-state index is -0.0748. The van der Waals surface area contributed by atoms with E-state index in [1.165, 1.54) is 0 Å². The van der Waals surface area contributed by atoms with E-state index in [1.807, 2.05) is 18.2 Å². The van der Waals surface area contributed by atoms with Gasteiger partial charge in [-0.05, 0) is 30.5 Å². The number of nitrogens with one attached hydrogen (secondary N) is 1. The summed E-state index contributed by atoms with van der Waals surface area (Å²) in [7, 11) is 0. The fraction of sp³-hybridized carbons (Fsp3) is 0.412. The lowest BCUT2D eigenvalue weighted by Crippen LogP contribution is -2.42. The minimum Gasteiger partial charge on any atom is -0.347 e. The Labute approximate surface area is 144 Å². The molecular weight excluding hydrogens is 322 g/mol. The lowest BCUT2D eigenvalue weighted by molar-refractivity contribution is 0.0918. The number of aryl methyl sites for hydroxylation is 1. The molecule has 0 bridgehead atoms. The Hall–Kier alpha value is -2.28. The quantitative estimate of drug-likeness (QED) is 0.747. The Morgan fingerprint density at radius 1 is 1.29 bits per heavy atom. The monoisotopic (exact) mass is 343 g/mol. The van der Waals surface area contributed by atoms with Gasteiger partial charge in [0.25, 0.3) is 5.91 Å². The van der Waals surface area contributed by atoms with Crippen LogP contribution in [0.25, 0.3) is 10.2 Å². The zero-order chi connectivity index (χ0) is 17.1. The molecule has 126 valence electrons. The molecule has 7 heteroatoms. The van der Waals surface area contributed by atoms with Crippen molar-refractivity contribution in [2.75, 3.05) is 0 Å². The summed E-state index contributed by atoms with van der Waals surface area (Å²) >= 11 is 1.64. The second-order valence-corrected chi connectivity index (χ2v) is 7.17. The molecule has 0 spiro atoms. The summed E-state index contributed by atoms with van der Waals surface area (Å²) in [5.41, 5.74) is 1.61. The normalized spacial score (nSPS) is 12.7. The van der Waals surface area contributed by atoms with Crippen molar-refractivity contribution in [3.63, 3.8) is 0 Å². The van der Waals surface area contributed by atoms with Gasteiger partial charge in [0.05, 0.1) is 40.2 Å².